The van der Waals surface area contributed by atoms with E-state index in [1.807, 2.05) is 12.1 Å². The van der Waals surface area contributed by atoms with E-state index >= 15 is 0 Å². The van der Waals surface area contributed by atoms with Crippen LogP contribution in [-0.4, -0.2) is 34.9 Å². The number of sulfone groups is 1. The fourth-order valence-corrected chi connectivity index (χ4v) is 2.71. The first-order chi connectivity index (χ1) is 9.49. The summed E-state index contributed by atoms with van der Waals surface area (Å²) in [6.07, 6.45) is 4.26. The second-order valence-electron chi connectivity index (χ2n) is 4.98. The van der Waals surface area contributed by atoms with Crippen LogP contribution in [0.1, 0.15) is 37.8 Å². The van der Waals surface area contributed by atoms with Crippen LogP contribution in [0.4, 0.5) is 0 Å². The Morgan fingerprint density at radius 3 is 2.40 bits per heavy atom. The summed E-state index contributed by atoms with van der Waals surface area (Å²) in [6.45, 7) is 3.82. The molecule has 1 N–H and O–H groups in total. The summed E-state index contributed by atoms with van der Waals surface area (Å²) in [5.74, 6) is 0. The number of benzene rings is 1. The molecule has 0 aliphatic carbocycles. The van der Waals surface area contributed by atoms with Crippen molar-refractivity contribution < 1.29 is 13.2 Å². The summed E-state index contributed by atoms with van der Waals surface area (Å²) < 4.78 is 28.0. The normalized spacial score (nSPS) is 13.3. The van der Waals surface area contributed by atoms with Gasteiger partial charge in [-0.1, -0.05) is 19.1 Å². The highest BCUT2D eigenvalue weighted by atomic mass is 32.2. The summed E-state index contributed by atoms with van der Waals surface area (Å²) in [6, 6.07) is 7.41. The Hall–Kier alpha value is -0.910. The largest absolute Gasteiger partial charge is 0.385 e. The predicted molar refractivity (Wildman–Crippen MR) is 81.7 cm³/mol. The quantitative estimate of drug-likeness (QED) is 0.712. The highest BCUT2D eigenvalue weighted by Crippen LogP contribution is 2.20. The molecule has 0 fully saturated rings. The molecule has 0 heterocycles. The van der Waals surface area contributed by atoms with Crippen LogP contribution in [-0.2, 0) is 14.6 Å². The lowest BCUT2D eigenvalue weighted by molar-refractivity contribution is 0.188. The molecule has 0 saturated carbocycles. The number of rotatable bonds is 9. The third-order valence-electron chi connectivity index (χ3n) is 3.19. The molecule has 0 amide bonds. The molecule has 1 unspecified atom stereocenters. The minimum Gasteiger partial charge on any atom is -0.385 e. The zero-order valence-corrected chi connectivity index (χ0v) is 13.4. The highest BCUT2D eigenvalue weighted by molar-refractivity contribution is 7.90. The molecule has 1 atom stereocenters. The van der Waals surface area contributed by atoms with Crippen molar-refractivity contribution in [2.24, 2.45) is 0 Å². The lowest BCUT2D eigenvalue weighted by atomic mass is 10.0. The smallest absolute Gasteiger partial charge is 0.175 e. The van der Waals surface area contributed by atoms with Gasteiger partial charge in [-0.15, -0.1) is 0 Å². The standard InChI is InChI=1S/C15H25NO3S/c1-4-11-16-15(6-5-12-19-2)13-7-9-14(10-8-13)20(3,17)18/h7-10,15-16H,4-6,11-12H2,1-3H3. The summed E-state index contributed by atoms with van der Waals surface area (Å²) in [5.41, 5.74) is 1.13. The van der Waals surface area contributed by atoms with Crippen molar-refractivity contribution in [3.05, 3.63) is 29.8 Å². The van der Waals surface area contributed by atoms with Gasteiger partial charge in [-0.05, 0) is 43.5 Å². The second-order valence-corrected chi connectivity index (χ2v) is 7.00. The minimum atomic E-state index is -3.12. The van der Waals surface area contributed by atoms with Gasteiger partial charge in [0.2, 0.25) is 0 Å². The Balaban J connectivity index is 2.78. The molecular formula is C15H25NO3S. The highest BCUT2D eigenvalue weighted by Gasteiger charge is 2.12. The average Bonchev–Trinajstić information content (AvgIpc) is 2.42. The predicted octanol–water partition coefficient (Wildman–Crippen LogP) is 2.56. The number of nitrogens with one attached hydrogen (secondary N) is 1. The molecule has 0 aliphatic rings. The van der Waals surface area contributed by atoms with E-state index in [0.29, 0.717) is 4.90 Å². The van der Waals surface area contributed by atoms with Crippen molar-refractivity contribution in [2.75, 3.05) is 26.5 Å². The molecule has 20 heavy (non-hydrogen) atoms. The van der Waals surface area contributed by atoms with Crippen molar-refractivity contribution in [3.63, 3.8) is 0 Å². The van der Waals surface area contributed by atoms with Gasteiger partial charge in [0.15, 0.2) is 9.84 Å². The fourth-order valence-electron chi connectivity index (χ4n) is 2.08. The van der Waals surface area contributed by atoms with E-state index in [2.05, 4.69) is 12.2 Å². The Morgan fingerprint density at radius 1 is 1.25 bits per heavy atom. The molecule has 5 heteroatoms. The van der Waals surface area contributed by atoms with E-state index in [4.69, 9.17) is 4.74 Å². The van der Waals surface area contributed by atoms with E-state index in [9.17, 15) is 8.42 Å². The molecule has 4 nitrogen and oxygen atoms in total. The van der Waals surface area contributed by atoms with Gasteiger partial charge in [-0.2, -0.15) is 0 Å². The van der Waals surface area contributed by atoms with Gasteiger partial charge >= 0.3 is 0 Å². The van der Waals surface area contributed by atoms with Crippen LogP contribution < -0.4 is 5.32 Å². The van der Waals surface area contributed by atoms with Crippen LogP contribution in [0.3, 0.4) is 0 Å². The van der Waals surface area contributed by atoms with Crippen LogP contribution in [0.5, 0.6) is 0 Å². The van der Waals surface area contributed by atoms with Gasteiger partial charge in [-0.3, -0.25) is 0 Å². The van der Waals surface area contributed by atoms with Crippen LogP contribution in [0.2, 0.25) is 0 Å². The third-order valence-corrected chi connectivity index (χ3v) is 4.32. The van der Waals surface area contributed by atoms with Crippen molar-refractivity contribution in [2.45, 2.75) is 37.1 Å². The summed E-state index contributed by atoms with van der Waals surface area (Å²) >= 11 is 0. The second kappa shape index (κ2) is 8.39. The van der Waals surface area contributed by atoms with Gasteiger partial charge in [-0.25, -0.2) is 8.42 Å². The maximum absolute atomic E-state index is 11.5. The Bertz CT molecular complexity index is 482. The number of ether oxygens (including phenoxy) is 1. The van der Waals surface area contributed by atoms with Gasteiger partial charge in [0.1, 0.15) is 0 Å². The SMILES string of the molecule is CCCNC(CCCOC)c1ccc(S(C)(=O)=O)cc1. The zero-order valence-electron chi connectivity index (χ0n) is 12.6. The van der Waals surface area contributed by atoms with Crippen LogP contribution in [0.25, 0.3) is 0 Å². The van der Waals surface area contributed by atoms with E-state index < -0.39 is 9.84 Å². The Morgan fingerprint density at radius 2 is 1.90 bits per heavy atom. The molecule has 0 aliphatic heterocycles. The van der Waals surface area contributed by atoms with Gasteiger partial charge in [0.25, 0.3) is 0 Å². The minimum absolute atomic E-state index is 0.249. The number of hydrogen-bond acceptors (Lipinski definition) is 4. The lowest BCUT2D eigenvalue weighted by Crippen LogP contribution is -2.22. The maximum Gasteiger partial charge on any atom is 0.175 e. The van der Waals surface area contributed by atoms with Gasteiger partial charge in [0, 0.05) is 26.0 Å². The van der Waals surface area contributed by atoms with Crippen LogP contribution in [0.15, 0.2) is 29.2 Å². The monoisotopic (exact) mass is 299 g/mol. The van der Waals surface area contributed by atoms with Crippen molar-refractivity contribution in [1.82, 2.24) is 5.32 Å². The van der Waals surface area contributed by atoms with Crippen molar-refractivity contribution >= 4 is 9.84 Å². The van der Waals surface area contributed by atoms with Crippen LogP contribution >= 0.6 is 0 Å². The zero-order chi connectivity index (χ0) is 15.0. The van der Waals surface area contributed by atoms with E-state index in [1.54, 1.807) is 19.2 Å². The molecule has 1 aromatic rings. The molecule has 114 valence electrons. The Kier molecular flexibility index (Phi) is 7.19. The van der Waals surface area contributed by atoms with Gasteiger partial charge < -0.3 is 10.1 Å². The first kappa shape index (κ1) is 17.1. The fraction of sp³-hybridized carbons (Fsp3) is 0.600. The Labute approximate surface area is 122 Å². The number of hydrogen-bond donors (Lipinski definition) is 1. The average molecular weight is 299 g/mol. The molecule has 0 aromatic heterocycles. The molecule has 0 bridgehead atoms. The topological polar surface area (TPSA) is 55.4 Å². The third kappa shape index (κ3) is 5.61. The van der Waals surface area contributed by atoms with E-state index in [1.165, 1.54) is 6.26 Å². The molecule has 0 spiro atoms. The van der Waals surface area contributed by atoms with Gasteiger partial charge in [0.05, 0.1) is 4.90 Å². The molecule has 1 aromatic carbocycles. The summed E-state index contributed by atoms with van der Waals surface area (Å²) in [4.78, 5) is 0.368. The summed E-state index contributed by atoms with van der Waals surface area (Å²) in [5, 5.41) is 3.50. The molecule has 1 rings (SSSR count). The number of methoxy groups -OCH3 is 1. The van der Waals surface area contributed by atoms with Crippen molar-refractivity contribution in [3.8, 4) is 0 Å². The van der Waals surface area contributed by atoms with E-state index in [-0.39, 0.29) is 6.04 Å². The molecule has 0 radical (unpaired) electrons. The van der Waals surface area contributed by atoms with Crippen molar-refractivity contribution in [1.29, 1.82) is 0 Å². The van der Waals surface area contributed by atoms with Crippen LogP contribution in [0, 0.1) is 0 Å². The first-order valence-corrected chi connectivity index (χ1v) is 8.90. The van der Waals surface area contributed by atoms with E-state index in [0.717, 1.165) is 38.0 Å². The summed E-state index contributed by atoms with van der Waals surface area (Å²) in [7, 11) is -1.42. The molecular weight excluding hydrogens is 274 g/mol. The molecule has 0 saturated heterocycles. The maximum atomic E-state index is 11.5. The first-order valence-electron chi connectivity index (χ1n) is 7.01. The lowest BCUT2D eigenvalue weighted by Gasteiger charge is -2.19.